The molecule has 0 bridgehead atoms. The maximum absolute atomic E-state index is 12.0. The summed E-state index contributed by atoms with van der Waals surface area (Å²) in [6, 6.07) is 0. The fraction of sp³-hybridized carbons (Fsp3) is 0.500. The molecule has 0 aliphatic carbocycles. The maximum atomic E-state index is 12.0. The molecule has 0 saturated heterocycles. The van der Waals surface area contributed by atoms with Gasteiger partial charge < -0.3 is 9.67 Å². The smallest absolute Gasteiger partial charge is 0.147 e. The van der Waals surface area contributed by atoms with E-state index in [1.165, 1.54) is 6.20 Å². The van der Waals surface area contributed by atoms with Gasteiger partial charge >= 0.3 is 0 Å². The van der Waals surface area contributed by atoms with E-state index in [-0.39, 0.29) is 6.61 Å². The molecule has 4 heteroatoms. The molecule has 3 nitrogen and oxygen atoms in total. The number of aliphatic hydroxyl groups excluding tert-OH is 1. The topological polar surface area (TPSA) is 38.0 Å². The Morgan fingerprint density at radius 3 is 3.10 bits per heavy atom. The van der Waals surface area contributed by atoms with Crippen molar-refractivity contribution >= 4 is 0 Å². The standard InChI is InChI=1S/C6H9FN2O/c7-5-6-8-1-2-9(6)3-4-10/h1-2,10H,3-5H2. The van der Waals surface area contributed by atoms with Gasteiger partial charge in [-0.2, -0.15) is 0 Å². The molecular formula is C6H9FN2O. The number of nitrogens with zero attached hydrogens (tertiary/aromatic N) is 2. The summed E-state index contributed by atoms with van der Waals surface area (Å²) in [6.07, 6.45) is 3.16. The number of hydrogen-bond donors (Lipinski definition) is 1. The summed E-state index contributed by atoms with van der Waals surface area (Å²) in [4.78, 5) is 3.73. The summed E-state index contributed by atoms with van der Waals surface area (Å²) in [7, 11) is 0. The number of aromatic nitrogens is 2. The van der Waals surface area contributed by atoms with Crippen LogP contribution in [0.1, 0.15) is 5.82 Å². The lowest BCUT2D eigenvalue weighted by Gasteiger charge is -2.00. The molecule has 0 saturated carbocycles. The second kappa shape index (κ2) is 3.31. The van der Waals surface area contributed by atoms with Crippen LogP contribution in [-0.2, 0) is 13.2 Å². The van der Waals surface area contributed by atoms with Gasteiger partial charge in [-0.05, 0) is 0 Å². The Balaban J connectivity index is 2.70. The Labute approximate surface area is 58.1 Å². The van der Waals surface area contributed by atoms with Crippen molar-refractivity contribution in [2.45, 2.75) is 13.2 Å². The first-order chi connectivity index (χ1) is 4.88. The molecule has 1 N–H and O–H groups in total. The van der Waals surface area contributed by atoms with E-state index in [1.54, 1.807) is 10.8 Å². The zero-order valence-corrected chi connectivity index (χ0v) is 5.50. The lowest BCUT2D eigenvalue weighted by molar-refractivity contribution is 0.271. The van der Waals surface area contributed by atoms with Gasteiger partial charge in [-0.3, -0.25) is 0 Å². The molecule has 0 amide bonds. The van der Waals surface area contributed by atoms with E-state index in [0.29, 0.717) is 12.4 Å². The van der Waals surface area contributed by atoms with Gasteiger partial charge in [0.05, 0.1) is 6.61 Å². The summed E-state index contributed by atoms with van der Waals surface area (Å²) in [5.41, 5.74) is 0. The molecule has 0 unspecified atom stereocenters. The quantitative estimate of drug-likeness (QED) is 0.664. The highest BCUT2D eigenvalue weighted by Crippen LogP contribution is 1.97. The summed E-state index contributed by atoms with van der Waals surface area (Å²) in [6.45, 7) is -0.143. The fourth-order valence-corrected chi connectivity index (χ4v) is 0.783. The number of imidazole rings is 1. The van der Waals surface area contributed by atoms with Crippen LogP contribution in [0.3, 0.4) is 0 Å². The van der Waals surface area contributed by atoms with Gasteiger partial charge in [0.1, 0.15) is 12.5 Å². The molecule has 0 aromatic carbocycles. The van der Waals surface area contributed by atoms with Gasteiger partial charge in [0.25, 0.3) is 0 Å². The molecule has 0 radical (unpaired) electrons. The molecule has 1 rings (SSSR count). The van der Waals surface area contributed by atoms with Crippen LogP contribution < -0.4 is 0 Å². The van der Waals surface area contributed by atoms with Gasteiger partial charge in [-0.1, -0.05) is 0 Å². The number of halogens is 1. The SMILES string of the molecule is OCCn1ccnc1CF. The van der Waals surface area contributed by atoms with Crippen molar-refractivity contribution in [1.82, 2.24) is 9.55 Å². The largest absolute Gasteiger partial charge is 0.395 e. The third-order valence-corrected chi connectivity index (χ3v) is 1.26. The van der Waals surface area contributed by atoms with Gasteiger partial charge in [-0.15, -0.1) is 0 Å². The number of aliphatic hydroxyl groups is 1. The Morgan fingerprint density at radius 1 is 1.70 bits per heavy atom. The van der Waals surface area contributed by atoms with Crippen molar-refractivity contribution in [3.05, 3.63) is 18.2 Å². The van der Waals surface area contributed by atoms with Crippen LogP contribution in [0.5, 0.6) is 0 Å². The van der Waals surface area contributed by atoms with Crippen LogP contribution in [0.15, 0.2) is 12.4 Å². The second-order valence-electron chi connectivity index (χ2n) is 1.89. The average Bonchev–Trinajstić information content (AvgIpc) is 2.36. The minimum absolute atomic E-state index is 0.0172. The lowest BCUT2D eigenvalue weighted by Crippen LogP contribution is -2.04. The van der Waals surface area contributed by atoms with Crippen LogP contribution in [0.2, 0.25) is 0 Å². The van der Waals surface area contributed by atoms with Crippen molar-refractivity contribution in [2.24, 2.45) is 0 Å². The van der Waals surface area contributed by atoms with Gasteiger partial charge in [0.15, 0.2) is 0 Å². The third kappa shape index (κ3) is 1.33. The van der Waals surface area contributed by atoms with E-state index in [4.69, 9.17) is 5.11 Å². The van der Waals surface area contributed by atoms with Crippen LogP contribution in [-0.4, -0.2) is 21.3 Å². The summed E-state index contributed by atoms with van der Waals surface area (Å²) in [5, 5.41) is 8.49. The van der Waals surface area contributed by atoms with Crippen molar-refractivity contribution in [3.8, 4) is 0 Å². The summed E-state index contributed by atoms with van der Waals surface area (Å²) >= 11 is 0. The molecule has 0 aliphatic heterocycles. The van der Waals surface area contributed by atoms with E-state index in [1.807, 2.05) is 0 Å². The van der Waals surface area contributed by atoms with Crippen LogP contribution in [0, 0.1) is 0 Å². The molecule has 0 atom stereocenters. The van der Waals surface area contributed by atoms with Gasteiger partial charge in [0.2, 0.25) is 0 Å². The van der Waals surface area contributed by atoms with Crippen molar-refractivity contribution in [3.63, 3.8) is 0 Å². The number of rotatable bonds is 3. The Bertz CT molecular complexity index is 199. The lowest BCUT2D eigenvalue weighted by atomic mass is 10.6. The predicted molar refractivity (Wildman–Crippen MR) is 34.1 cm³/mol. The number of alkyl halides is 1. The third-order valence-electron chi connectivity index (χ3n) is 1.26. The Hall–Kier alpha value is -0.900. The van der Waals surface area contributed by atoms with Gasteiger partial charge in [0, 0.05) is 18.9 Å². The first-order valence-electron chi connectivity index (χ1n) is 3.05. The fourth-order valence-electron chi connectivity index (χ4n) is 0.783. The highest BCUT2D eigenvalue weighted by molar-refractivity contribution is 4.89. The molecule has 0 spiro atoms. The predicted octanol–water partition coefficient (Wildman–Crippen LogP) is 0.345. The van der Waals surface area contributed by atoms with Gasteiger partial charge in [-0.25, -0.2) is 9.37 Å². The summed E-state index contributed by atoms with van der Waals surface area (Å²) < 4.78 is 13.6. The molecule has 1 aromatic heterocycles. The van der Waals surface area contributed by atoms with Crippen LogP contribution in [0.25, 0.3) is 0 Å². The first kappa shape index (κ1) is 7.21. The Morgan fingerprint density at radius 2 is 2.50 bits per heavy atom. The molecule has 0 aliphatic rings. The molecule has 10 heavy (non-hydrogen) atoms. The monoisotopic (exact) mass is 144 g/mol. The van der Waals surface area contributed by atoms with Crippen molar-refractivity contribution in [1.29, 1.82) is 0 Å². The molecular weight excluding hydrogens is 135 g/mol. The normalized spacial score (nSPS) is 10.2. The Kier molecular flexibility index (Phi) is 2.39. The van der Waals surface area contributed by atoms with E-state index in [2.05, 4.69) is 4.98 Å². The van der Waals surface area contributed by atoms with E-state index >= 15 is 0 Å². The van der Waals surface area contributed by atoms with E-state index < -0.39 is 6.67 Å². The zero-order chi connectivity index (χ0) is 7.40. The molecule has 0 fully saturated rings. The second-order valence-corrected chi connectivity index (χ2v) is 1.89. The van der Waals surface area contributed by atoms with Crippen molar-refractivity contribution < 1.29 is 9.50 Å². The highest BCUT2D eigenvalue weighted by atomic mass is 19.1. The maximum Gasteiger partial charge on any atom is 0.147 e. The first-order valence-corrected chi connectivity index (χ1v) is 3.05. The van der Waals surface area contributed by atoms with Crippen LogP contribution in [0.4, 0.5) is 4.39 Å². The number of hydrogen-bond acceptors (Lipinski definition) is 2. The van der Waals surface area contributed by atoms with Crippen LogP contribution >= 0.6 is 0 Å². The van der Waals surface area contributed by atoms with E-state index in [9.17, 15) is 4.39 Å². The molecule has 1 aromatic rings. The minimum atomic E-state index is -0.576. The van der Waals surface area contributed by atoms with Crippen molar-refractivity contribution in [2.75, 3.05) is 6.61 Å². The minimum Gasteiger partial charge on any atom is -0.395 e. The van der Waals surface area contributed by atoms with E-state index in [0.717, 1.165) is 0 Å². The molecule has 1 heterocycles. The highest BCUT2D eigenvalue weighted by Gasteiger charge is 1.98. The summed E-state index contributed by atoms with van der Waals surface area (Å²) in [5.74, 6) is 0.369. The zero-order valence-electron chi connectivity index (χ0n) is 5.50. The average molecular weight is 144 g/mol. The molecule has 56 valence electrons.